The molecular formula is C21H35N2O3Si. The SMILES string of the molecule is CN(Cc1ccccc1)C(=O)CC(O)[C@@H]1C[C@H](C(C)(C)C)CN1O[Si](C)C. The molecule has 5 nitrogen and oxygen atoms in total. The van der Waals surface area contributed by atoms with Crippen LogP contribution in [0.3, 0.4) is 0 Å². The van der Waals surface area contributed by atoms with Crippen LogP contribution in [0, 0.1) is 11.3 Å². The Bertz CT molecular complexity index is 603. The number of amides is 1. The predicted molar refractivity (Wildman–Crippen MR) is 110 cm³/mol. The molecule has 2 rings (SSSR count). The summed E-state index contributed by atoms with van der Waals surface area (Å²) in [6, 6.07) is 9.80. The molecule has 0 saturated carbocycles. The molecule has 1 unspecified atom stereocenters. The van der Waals surface area contributed by atoms with Crippen LogP contribution in [0.5, 0.6) is 0 Å². The molecule has 1 aromatic rings. The second-order valence-electron chi connectivity index (χ2n) is 8.97. The van der Waals surface area contributed by atoms with E-state index in [9.17, 15) is 9.90 Å². The predicted octanol–water partition coefficient (Wildman–Crippen LogP) is 3.32. The highest BCUT2D eigenvalue weighted by molar-refractivity contribution is 6.48. The highest BCUT2D eigenvalue weighted by atomic mass is 28.3. The lowest BCUT2D eigenvalue weighted by atomic mass is 9.79. The molecule has 1 fully saturated rings. The van der Waals surface area contributed by atoms with Gasteiger partial charge in [-0.3, -0.25) is 4.79 Å². The fourth-order valence-electron chi connectivity index (χ4n) is 3.57. The van der Waals surface area contributed by atoms with Crippen molar-refractivity contribution >= 4 is 14.9 Å². The minimum Gasteiger partial charge on any atom is -0.391 e. The number of carbonyl (C=O) groups excluding carboxylic acids is 1. The van der Waals surface area contributed by atoms with Gasteiger partial charge in [0.15, 0.2) is 0 Å². The maximum Gasteiger partial charge on any atom is 0.235 e. The zero-order valence-electron chi connectivity index (χ0n) is 17.6. The summed E-state index contributed by atoms with van der Waals surface area (Å²) in [4.78, 5) is 14.3. The minimum atomic E-state index is -0.916. The number of hydrogen-bond donors (Lipinski definition) is 1. The van der Waals surface area contributed by atoms with Gasteiger partial charge in [-0.05, 0) is 36.4 Å². The number of nitrogens with zero attached hydrogens (tertiary/aromatic N) is 2. The molecule has 1 aliphatic heterocycles. The molecule has 0 spiro atoms. The zero-order valence-corrected chi connectivity index (χ0v) is 18.6. The van der Waals surface area contributed by atoms with E-state index in [0.29, 0.717) is 12.5 Å². The molecule has 3 atom stereocenters. The van der Waals surface area contributed by atoms with Crippen molar-refractivity contribution < 1.29 is 14.4 Å². The Labute approximate surface area is 166 Å². The Balaban J connectivity index is 1.98. The number of aliphatic hydroxyl groups is 1. The molecule has 27 heavy (non-hydrogen) atoms. The Morgan fingerprint density at radius 1 is 1.33 bits per heavy atom. The molecule has 1 amide bonds. The largest absolute Gasteiger partial charge is 0.391 e. The zero-order chi connectivity index (χ0) is 20.2. The lowest BCUT2D eigenvalue weighted by Gasteiger charge is -2.30. The van der Waals surface area contributed by atoms with Gasteiger partial charge in [0, 0.05) is 20.1 Å². The van der Waals surface area contributed by atoms with Crippen molar-refractivity contribution in [2.45, 2.75) is 65.4 Å². The summed E-state index contributed by atoms with van der Waals surface area (Å²) in [6.07, 6.45) is 0.264. The van der Waals surface area contributed by atoms with E-state index in [1.165, 1.54) is 0 Å². The Morgan fingerprint density at radius 3 is 2.52 bits per heavy atom. The van der Waals surface area contributed by atoms with E-state index in [1.807, 2.05) is 35.4 Å². The second-order valence-corrected chi connectivity index (χ2v) is 11.0. The normalized spacial score (nSPS) is 22.2. The molecule has 1 N–H and O–H groups in total. The van der Waals surface area contributed by atoms with Gasteiger partial charge in [0.1, 0.15) is 0 Å². The summed E-state index contributed by atoms with van der Waals surface area (Å²) in [5, 5.41) is 12.8. The topological polar surface area (TPSA) is 53.0 Å². The summed E-state index contributed by atoms with van der Waals surface area (Å²) in [5.74, 6) is 0.402. The Hall–Kier alpha value is -1.21. The maximum atomic E-state index is 12.6. The third-order valence-corrected chi connectivity index (χ3v) is 5.94. The first-order chi connectivity index (χ1) is 12.6. The first-order valence-corrected chi connectivity index (χ1v) is 12.2. The van der Waals surface area contributed by atoms with Crippen molar-refractivity contribution in [2.75, 3.05) is 13.6 Å². The van der Waals surface area contributed by atoms with Crippen LogP contribution in [-0.4, -0.2) is 55.8 Å². The van der Waals surface area contributed by atoms with Gasteiger partial charge in [-0.15, -0.1) is 0 Å². The molecular weight excluding hydrogens is 356 g/mol. The van der Waals surface area contributed by atoms with E-state index < -0.39 is 15.1 Å². The van der Waals surface area contributed by atoms with E-state index in [1.54, 1.807) is 11.9 Å². The average Bonchev–Trinajstić information content (AvgIpc) is 2.99. The number of carbonyl (C=O) groups is 1. The van der Waals surface area contributed by atoms with E-state index in [0.717, 1.165) is 18.5 Å². The quantitative estimate of drug-likeness (QED) is 0.725. The number of hydroxylamine groups is 2. The van der Waals surface area contributed by atoms with Crippen LogP contribution in [0.15, 0.2) is 30.3 Å². The molecule has 151 valence electrons. The van der Waals surface area contributed by atoms with E-state index in [2.05, 4.69) is 33.9 Å². The standard InChI is InChI=1S/C21H35N2O3Si/c1-21(2,3)17-12-18(23(15-17)26-27(5)6)19(24)13-20(25)22(4)14-16-10-8-7-9-11-16/h7-11,17-19,24H,12-15H2,1-6H3/t17-,18-,19?/m0/s1. The van der Waals surface area contributed by atoms with Gasteiger partial charge in [-0.1, -0.05) is 51.1 Å². The van der Waals surface area contributed by atoms with Gasteiger partial charge >= 0.3 is 0 Å². The van der Waals surface area contributed by atoms with Crippen LogP contribution in [0.4, 0.5) is 0 Å². The number of aliphatic hydroxyl groups excluding tert-OH is 1. The van der Waals surface area contributed by atoms with Crippen molar-refractivity contribution in [3.05, 3.63) is 35.9 Å². The minimum absolute atomic E-state index is 0.0379. The van der Waals surface area contributed by atoms with Gasteiger partial charge in [-0.2, -0.15) is 5.06 Å². The van der Waals surface area contributed by atoms with Crippen LogP contribution in [0.25, 0.3) is 0 Å². The number of hydrogen-bond acceptors (Lipinski definition) is 4. The monoisotopic (exact) mass is 391 g/mol. The number of benzene rings is 1. The van der Waals surface area contributed by atoms with Gasteiger partial charge in [0.25, 0.3) is 0 Å². The van der Waals surface area contributed by atoms with Gasteiger partial charge in [-0.25, -0.2) is 0 Å². The number of rotatable bonds is 7. The first kappa shape index (κ1) is 22.1. The van der Waals surface area contributed by atoms with Crippen molar-refractivity contribution in [1.29, 1.82) is 0 Å². The second kappa shape index (κ2) is 9.32. The van der Waals surface area contributed by atoms with Crippen LogP contribution >= 0.6 is 0 Å². The fraction of sp³-hybridized carbons (Fsp3) is 0.667. The lowest BCUT2D eigenvalue weighted by molar-refractivity contribution is -0.138. The summed E-state index contributed by atoms with van der Waals surface area (Å²) >= 11 is 0. The smallest absolute Gasteiger partial charge is 0.235 e. The molecule has 1 aliphatic rings. The van der Waals surface area contributed by atoms with Gasteiger partial charge in [0.05, 0.1) is 18.6 Å². The average molecular weight is 392 g/mol. The molecule has 6 heteroatoms. The van der Waals surface area contributed by atoms with Crippen LogP contribution in [0.2, 0.25) is 13.1 Å². The van der Waals surface area contributed by atoms with Crippen molar-refractivity contribution in [1.82, 2.24) is 9.96 Å². The molecule has 1 radical (unpaired) electrons. The first-order valence-electron chi connectivity index (χ1n) is 9.78. The lowest BCUT2D eigenvalue weighted by Crippen LogP contribution is -2.43. The molecule has 0 aliphatic carbocycles. The Morgan fingerprint density at radius 2 is 1.96 bits per heavy atom. The third-order valence-electron chi connectivity index (χ3n) is 5.34. The fourth-order valence-corrected chi connectivity index (χ4v) is 4.25. The van der Waals surface area contributed by atoms with E-state index in [4.69, 9.17) is 4.53 Å². The maximum absolute atomic E-state index is 12.6. The summed E-state index contributed by atoms with van der Waals surface area (Å²) in [7, 11) is 0.878. The van der Waals surface area contributed by atoms with Crippen molar-refractivity contribution in [2.24, 2.45) is 11.3 Å². The van der Waals surface area contributed by atoms with Crippen molar-refractivity contribution in [3.63, 3.8) is 0 Å². The van der Waals surface area contributed by atoms with E-state index >= 15 is 0 Å². The summed E-state index contributed by atoms with van der Waals surface area (Å²) in [5.41, 5.74) is 1.24. The summed E-state index contributed by atoms with van der Waals surface area (Å²) < 4.78 is 6.06. The summed E-state index contributed by atoms with van der Waals surface area (Å²) in [6.45, 7) is 12.2. The van der Waals surface area contributed by atoms with Crippen molar-refractivity contribution in [3.8, 4) is 0 Å². The molecule has 0 bridgehead atoms. The van der Waals surface area contributed by atoms with Crippen LogP contribution in [-0.2, 0) is 15.9 Å². The van der Waals surface area contributed by atoms with Gasteiger partial charge < -0.3 is 14.5 Å². The molecule has 1 aromatic carbocycles. The Kier molecular flexibility index (Phi) is 7.62. The third kappa shape index (κ3) is 6.42. The van der Waals surface area contributed by atoms with Crippen LogP contribution in [0.1, 0.15) is 39.2 Å². The highest BCUT2D eigenvalue weighted by Crippen LogP contribution is 2.38. The molecule has 1 heterocycles. The van der Waals surface area contributed by atoms with Gasteiger partial charge in [0.2, 0.25) is 14.9 Å². The molecule has 1 saturated heterocycles. The highest BCUT2D eigenvalue weighted by Gasteiger charge is 2.42. The van der Waals surface area contributed by atoms with E-state index in [-0.39, 0.29) is 23.8 Å². The molecule has 0 aromatic heterocycles. The van der Waals surface area contributed by atoms with Crippen LogP contribution < -0.4 is 0 Å².